The number of benzene rings is 1. The normalized spacial score (nSPS) is 9.68. The summed E-state index contributed by atoms with van der Waals surface area (Å²) in [5, 5.41) is 21.3. The third-order valence-electron chi connectivity index (χ3n) is 2.76. The van der Waals surface area contributed by atoms with Gasteiger partial charge in [0.1, 0.15) is 11.8 Å². The minimum absolute atomic E-state index is 0.510. The molecule has 5 heteroatoms. The van der Waals surface area contributed by atoms with Gasteiger partial charge in [-0.25, -0.2) is 0 Å². The van der Waals surface area contributed by atoms with Crippen molar-refractivity contribution in [3.8, 4) is 12.1 Å². The number of aryl methyl sites for hydroxylation is 1. The number of rotatable bonds is 3. The molecular weight excluding hydrogens is 260 g/mol. The lowest BCUT2D eigenvalue weighted by atomic mass is 10.2. The van der Waals surface area contributed by atoms with Crippen LogP contribution in [0.25, 0.3) is 0 Å². The van der Waals surface area contributed by atoms with Gasteiger partial charge in [0.05, 0.1) is 22.3 Å². The standard InChI is InChI=1S/C14H11ClN4/c1-19-9-11(4-12(19)7-17)8-18-14-3-2-10(6-16)5-13(14)15/h2-5,9,18H,8H2,1H3. The van der Waals surface area contributed by atoms with Crippen molar-refractivity contribution in [1.29, 1.82) is 10.5 Å². The molecule has 0 radical (unpaired) electrons. The highest BCUT2D eigenvalue weighted by molar-refractivity contribution is 6.33. The maximum atomic E-state index is 8.88. The van der Waals surface area contributed by atoms with Crippen molar-refractivity contribution in [2.24, 2.45) is 7.05 Å². The van der Waals surface area contributed by atoms with Crippen molar-refractivity contribution >= 4 is 17.3 Å². The van der Waals surface area contributed by atoms with E-state index in [0.29, 0.717) is 22.8 Å². The molecule has 0 saturated carbocycles. The number of hydrogen-bond acceptors (Lipinski definition) is 3. The first-order valence-corrected chi connectivity index (χ1v) is 6.00. The summed E-state index contributed by atoms with van der Waals surface area (Å²) in [7, 11) is 1.83. The SMILES string of the molecule is Cn1cc(CNc2ccc(C#N)cc2Cl)cc1C#N. The average Bonchev–Trinajstić information content (AvgIpc) is 2.77. The molecule has 0 unspecified atom stereocenters. The lowest BCUT2D eigenvalue weighted by Gasteiger charge is -2.07. The van der Waals surface area contributed by atoms with Gasteiger partial charge in [0, 0.05) is 19.8 Å². The zero-order chi connectivity index (χ0) is 13.8. The fraction of sp³-hybridized carbons (Fsp3) is 0.143. The van der Waals surface area contributed by atoms with E-state index in [-0.39, 0.29) is 0 Å². The van der Waals surface area contributed by atoms with Crippen LogP contribution in [-0.2, 0) is 13.6 Å². The minimum Gasteiger partial charge on any atom is -0.380 e. The van der Waals surface area contributed by atoms with Gasteiger partial charge in [-0.15, -0.1) is 0 Å². The monoisotopic (exact) mass is 270 g/mol. The van der Waals surface area contributed by atoms with Crippen molar-refractivity contribution in [1.82, 2.24) is 4.57 Å². The van der Waals surface area contributed by atoms with Crippen molar-refractivity contribution in [2.75, 3.05) is 5.32 Å². The molecule has 0 amide bonds. The molecule has 0 aliphatic rings. The number of nitrogens with zero attached hydrogens (tertiary/aromatic N) is 3. The predicted octanol–water partition coefficient (Wildman–Crippen LogP) is 3.03. The number of nitrogens with one attached hydrogen (secondary N) is 1. The molecule has 1 heterocycles. The molecule has 1 aromatic carbocycles. The predicted molar refractivity (Wildman–Crippen MR) is 73.6 cm³/mol. The summed E-state index contributed by atoms with van der Waals surface area (Å²) in [5.74, 6) is 0. The summed E-state index contributed by atoms with van der Waals surface area (Å²) < 4.78 is 1.78. The molecule has 2 rings (SSSR count). The molecule has 0 saturated heterocycles. The first kappa shape index (κ1) is 13.0. The molecular formula is C14H11ClN4. The Labute approximate surface area is 116 Å². The smallest absolute Gasteiger partial charge is 0.120 e. The summed E-state index contributed by atoms with van der Waals surface area (Å²) in [6.45, 7) is 0.571. The van der Waals surface area contributed by atoms with Gasteiger partial charge in [0.2, 0.25) is 0 Å². The van der Waals surface area contributed by atoms with Crippen LogP contribution in [0.15, 0.2) is 30.5 Å². The van der Waals surface area contributed by atoms with Crippen LogP contribution >= 0.6 is 11.6 Å². The van der Waals surface area contributed by atoms with E-state index in [2.05, 4.69) is 11.4 Å². The molecule has 19 heavy (non-hydrogen) atoms. The first-order chi connectivity index (χ1) is 9.13. The lowest BCUT2D eigenvalue weighted by molar-refractivity contribution is 0.902. The summed E-state index contributed by atoms with van der Waals surface area (Å²) in [6, 6.07) is 11.1. The van der Waals surface area contributed by atoms with Crippen LogP contribution in [0.2, 0.25) is 5.02 Å². The van der Waals surface area contributed by atoms with Crippen LogP contribution in [0.1, 0.15) is 16.8 Å². The van der Waals surface area contributed by atoms with Crippen molar-refractivity contribution in [3.05, 3.63) is 52.3 Å². The zero-order valence-electron chi connectivity index (χ0n) is 10.3. The molecule has 0 fully saturated rings. The molecule has 4 nitrogen and oxygen atoms in total. The number of hydrogen-bond donors (Lipinski definition) is 1. The zero-order valence-corrected chi connectivity index (χ0v) is 11.1. The second-order valence-corrected chi connectivity index (χ2v) is 4.52. The van der Waals surface area contributed by atoms with Crippen molar-refractivity contribution in [2.45, 2.75) is 6.54 Å². The van der Waals surface area contributed by atoms with Gasteiger partial charge in [0.15, 0.2) is 0 Å². The van der Waals surface area contributed by atoms with Gasteiger partial charge in [-0.2, -0.15) is 10.5 Å². The summed E-state index contributed by atoms with van der Waals surface area (Å²) in [6.07, 6.45) is 1.89. The highest BCUT2D eigenvalue weighted by Gasteiger charge is 2.04. The molecule has 2 aromatic rings. The molecule has 1 aromatic heterocycles. The quantitative estimate of drug-likeness (QED) is 0.932. The highest BCUT2D eigenvalue weighted by atomic mass is 35.5. The largest absolute Gasteiger partial charge is 0.380 e. The van der Waals surface area contributed by atoms with Gasteiger partial charge >= 0.3 is 0 Å². The maximum Gasteiger partial charge on any atom is 0.120 e. The van der Waals surface area contributed by atoms with Gasteiger partial charge in [-0.05, 0) is 29.8 Å². The minimum atomic E-state index is 0.510. The fourth-order valence-corrected chi connectivity index (χ4v) is 2.01. The van der Waals surface area contributed by atoms with E-state index in [1.807, 2.05) is 25.4 Å². The van der Waals surface area contributed by atoms with Crippen LogP contribution in [-0.4, -0.2) is 4.57 Å². The molecule has 0 atom stereocenters. The van der Waals surface area contributed by atoms with Crippen LogP contribution < -0.4 is 5.32 Å². The van der Waals surface area contributed by atoms with Crippen LogP contribution in [0.4, 0.5) is 5.69 Å². The van der Waals surface area contributed by atoms with Gasteiger partial charge in [0.25, 0.3) is 0 Å². The second-order valence-electron chi connectivity index (χ2n) is 4.12. The number of aromatic nitrogens is 1. The topological polar surface area (TPSA) is 64.5 Å². The highest BCUT2D eigenvalue weighted by Crippen LogP contribution is 2.23. The summed E-state index contributed by atoms with van der Waals surface area (Å²) >= 11 is 6.07. The third kappa shape index (κ3) is 2.88. The van der Waals surface area contributed by atoms with E-state index < -0.39 is 0 Å². The Morgan fingerprint density at radius 3 is 2.63 bits per heavy atom. The van der Waals surface area contributed by atoms with E-state index in [0.717, 1.165) is 11.3 Å². The molecule has 1 N–H and O–H groups in total. The van der Waals surface area contributed by atoms with Crippen molar-refractivity contribution < 1.29 is 0 Å². The van der Waals surface area contributed by atoms with Crippen molar-refractivity contribution in [3.63, 3.8) is 0 Å². The Kier molecular flexibility index (Phi) is 3.75. The van der Waals surface area contributed by atoms with Crippen LogP contribution in [0.5, 0.6) is 0 Å². The van der Waals surface area contributed by atoms with Crippen LogP contribution in [0, 0.1) is 22.7 Å². The Balaban J connectivity index is 2.11. The lowest BCUT2D eigenvalue weighted by Crippen LogP contribution is -1.99. The molecule has 0 aliphatic carbocycles. The number of anilines is 1. The fourth-order valence-electron chi connectivity index (χ4n) is 1.77. The Morgan fingerprint density at radius 1 is 1.26 bits per heavy atom. The Hall–Kier alpha value is -2.43. The van der Waals surface area contributed by atoms with E-state index in [1.165, 1.54) is 0 Å². The Morgan fingerprint density at radius 2 is 2.05 bits per heavy atom. The average molecular weight is 271 g/mol. The number of nitriles is 2. The number of halogens is 1. The molecule has 0 bridgehead atoms. The molecule has 0 aliphatic heterocycles. The van der Waals surface area contributed by atoms with Gasteiger partial charge in [-0.3, -0.25) is 0 Å². The molecule has 94 valence electrons. The van der Waals surface area contributed by atoms with Gasteiger partial charge in [-0.1, -0.05) is 11.6 Å². The first-order valence-electron chi connectivity index (χ1n) is 5.63. The van der Waals surface area contributed by atoms with E-state index >= 15 is 0 Å². The van der Waals surface area contributed by atoms with E-state index in [1.54, 1.807) is 22.8 Å². The summed E-state index contributed by atoms with van der Waals surface area (Å²) in [4.78, 5) is 0. The second kappa shape index (κ2) is 5.48. The van der Waals surface area contributed by atoms with Gasteiger partial charge < -0.3 is 9.88 Å². The summed E-state index contributed by atoms with van der Waals surface area (Å²) in [5.41, 5.74) is 2.91. The third-order valence-corrected chi connectivity index (χ3v) is 3.07. The van der Waals surface area contributed by atoms with E-state index in [9.17, 15) is 0 Å². The van der Waals surface area contributed by atoms with E-state index in [4.69, 9.17) is 22.1 Å². The molecule has 0 spiro atoms. The maximum absolute atomic E-state index is 8.88. The Bertz CT molecular complexity index is 688. The van der Waals surface area contributed by atoms with Crippen LogP contribution in [0.3, 0.4) is 0 Å².